The van der Waals surface area contributed by atoms with Crippen molar-refractivity contribution < 1.29 is 14.2 Å². The molecular formula is C19H27FO2. The summed E-state index contributed by atoms with van der Waals surface area (Å²) in [5, 5.41) is 10.5. The Morgan fingerprint density at radius 1 is 1.27 bits per heavy atom. The molecule has 1 saturated carbocycles. The van der Waals surface area contributed by atoms with Crippen LogP contribution in [0.4, 0.5) is 4.39 Å². The first-order valence-electron chi connectivity index (χ1n) is 8.76. The van der Waals surface area contributed by atoms with Gasteiger partial charge in [0.25, 0.3) is 0 Å². The average Bonchev–Trinajstić information content (AvgIpc) is 2.46. The van der Waals surface area contributed by atoms with Gasteiger partial charge in [-0.25, -0.2) is 0 Å². The molecule has 1 fully saturated rings. The topological polar surface area (TPSA) is 29.5 Å². The van der Waals surface area contributed by atoms with Gasteiger partial charge in [0.1, 0.15) is 11.5 Å². The fraction of sp³-hybridized carbons (Fsp3) is 0.684. The van der Waals surface area contributed by atoms with Crippen LogP contribution in [0.15, 0.2) is 12.1 Å². The highest BCUT2D eigenvalue weighted by Crippen LogP contribution is 2.54. The van der Waals surface area contributed by atoms with Crippen molar-refractivity contribution in [2.45, 2.75) is 77.0 Å². The zero-order chi connectivity index (χ0) is 15.7. The van der Waals surface area contributed by atoms with Crippen molar-refractivity contribution in [1.82, 2.24) is 0 Å². The Labute approximate surface area is 132 Å². The predicted molar refractivity (Wildman–Crippen MR) is 86.2 cm³/mol. The van der Waals surface area contributed by atoms with Gasteiger partial charge in [-0.2, -0.15) is 4.39 Å². The normalized spacial score (nSPS) is 30.3. The molecule has 0 spiro atoms. The van der Waals surface area contributed by atoms with E-state index in [1.54, 1.807) is 6.92 Å². The molecule has 3 heteroatoms. The lowest BCUT2D eigenvalue weighted by atomic mass is 9.70. The van der Waals surface area contributed by atoms with E-state index < -0.39 is 5.85 Å². The van der Waals surface area contributed by atoms with Gasteiger partial charge in [-0.1, -0.05) is 32.6 Å². The molecule has 2 aliphatic rings. The van der Waals surface area contributed by atoms with Gasteiger partial charge in [-0.05, 0) is 43.4 Å². The number of halogens is 1. The number of hydrogen-bond acceptors (Lipinski definition) is 2. The summed E-state index contributed by atoms with van der Waals surface area (Å²) < 4.78 is 20.6. The van der Waals surface area contributed by atoms with E-state index in [9.17, 15) is 9.50 Å². The zero-order valence-corrected chi connectivity index (χ0v) is 13.7. The highest BCUT2D eigenvalue weighted by molar-refractivity contribution is 5.51. The second-order valence-electron chi connectivity index (χ2n) is 7.07. The summed E-state index contributed by atoms with van der Waals surface area (Å²) in [5.41, 5.74) is 1.90. The van der Waals surface area contributed by atoms with Crippen molar-refractivity contribution in [3.05, 3.63) is 23.3 Å². The Balaban J connectivity index is 1.93. The van der Waals surface area contributed by atoms with Crippen molar-refractivity contribution >= 4 is 0 Å². The van der Waals surface area contributed by atoms with E-state index in [-0.39, 0.29) is 11.8 Å². The molecule has 1 aromatic carbocycles. The molecule has 0 amide bonds. The third-order valence-corrected chi connectivity index (χ3v) is 5.36. The number of aryl methyl sites for hydroxylation is 1. The number of fused-ring (bicyclic) bond motifs is 3. The highest BCUT2D eigenvalue weighted by Gasteiger charge is 2.49. The van der Waals surface area contributed by atoms with Crippen LogP contribution in [0.5, 0.6) is 11.5 Å². The van der Waals surface area contributed by atoms with Crippen LogP contribution in [0.25, 0.3) is 0 Å². The first-order chi connectivity index (χ1) is 10.5. The van der Waals surface area contributed by atoms with E-state index in [1.807, 2.05) is 12.1 Å². The predicted octanol–water partition coefficient (Wildman–Crippen LogP) is 5.48. The molecular weight excluding hydrogens is 279 g/mol. The second kappa shape index (κ2) is 6.10. The van der Waals surface area contributed by atoms with Crippen LogP contribution in [-0.2, 0) is 6.42 Å². The Hall–Kier alpha value is -1.25. The Kier molecular flexibility index (Phi) is 4.33. The summed E-state index contributed by atoms with van der Waals surface area (Å²) in [6.45, 7) is 3.73. The third kappa shape index (κ3) is 2.82. The molecule has 2 nitrogen and oxygen atoms in total. The van der Waals surface area contributed by atoms with Crippen LogP contribution >= 0.6 is 0 Å². The molecule has 0 aromatic heterocycles. The summed E-state index contributed by atoms with van der Waals surface area (Å²) >= 11 is 0. The standard InChI is InChI=1S/C19H27FO2/c1-3-4-5-8-13-11-16(21)18-14-9-6-7-10-15(14)19(2,20)22-17(18)12-13/h11-12,14-15,21H,3-10H2,1-2H3. The van der Waals surface area contributed by atoms with Gasteiger partial charge >= 0.3 is 0 Å². The van der Waals surface area contributed by atoms with Crippen LogP contribution < -0.4 is 4.74 Å². The molecule has 3 atom stereocenters. The Bertz CT molecular complexity index is 538. The van der Waals surface area contributed by atoms with Crippen molar-refractivity contribution in [3.8, 4) is 11.5 Å². The number of ether oxygens (including phenoxy) is 1. The number of alkyl halides is 1. The fourth-order valence-corrected chi connectivity index (χ4v) is 4.23. The largest absolute Gasteiger partial charge is 0.508 e. The first kappa shape index (κ1) is 15.6. The van der Waals surface area contributed by atoms with Crippen molar-refractivity contribution in [2.75, 3.05) is 0 Å². The number of unbranched alkanes of at least 4 members (excludes halogenated alkanes) is 2. The van der Waals surface area contributed by atoms with Crippen LogP contribution in [0, 0.1) is 5.92 Å². The van der Waals surface area contributed by atoms with Gasteiger partial charge in [-0.3, -0.25) is 0 Å². The van der Waals surface area contributed by atoms with Crippen LogP contribution in [0.2, 0.25) is 0 Å². The van der Waals surface area contributed by atoms with E-state index in [0.717, 1.165) is 49.7 Å². The van der Waals surface area contributed by atoms with E-state index in [4.69, 9.17) is 4.74 Å². The molecule has 1 aromatic rings. The number of hydrogen-bond donors (Lipinski definition) is 1. The van der Waals surface area contributed by atoms with Crippen molar-refractivity contribution in [3.63, 3.8) is 0 Å². The molecule has 0 saturated heterocycles. The Morgan fingerprint density at radius 3 is 2.82 bits per heavy atom. The minimum Gasteiger partial charge on any atom is -0.508 e. The lowest BCUT2D eigenvalue weighted by Crippen LogP contribution is -2.44. The number of phenolic OH excluding ortho intramolecular Hbond substituents is 1. The van der Waals surface area contributed by atoms with Gasteiger partial charge in [-0.15, -0.1) is 0 Å². The Morgan fingerprint density at radius 2 is 2.05 bits per heavy atom. The monoisotopic (exact) mass is 306 g/mol. The third-order valence-electron chi connectivity index (χ3n) is 5.36. The van der Waals surface area contributed by atoms with Gasteiger partial charge in [0.05, 0.1) is 0 Å². The van der Waals surface area contributed by atoms with E-state index >= 15 is 0 Å². The summed E-state index contributed by atoms with van der Waals surface area (Å²) in [4.78, 5) is 0. The molecule has 0 radical (unpaired) electrons. The minimum atomic E-state index is -1.62. The van der Waals surface area contributed by atoms with E-state index in [1.165, 1.54) is 12.8 Å². The second-order valence-corrected chi connectivity index (χ2v) is 7.07. The molecule has 1 aliphatic carbocycles. The van der Waals surface area contributed by atoms with Gasteiger partial charge in [0.15, 0.2) is 0 Å². The quantitative estimate of drug-likeness (QED) is 0.747. The molecule has 3 unspecified atom stereocenters. The summed E-state index contributed by atoms with van der Waals surface area (Å²) in [6.07, 6.45) is 8.29. The highest BCUT2D eigenvalue weighted by atomic mass is 19.2. The van der Waals surface area contributed by atoms with Gasteiger partial charge < -0.3 is 9.84 Å². The maximum atomic E-state index is 15.0. The maximum Gasteiger partial charge on any atom is 0.249 e. The van der Waals surface area contributed by atoms with Gasteiger partial charge in [0.2, 0.25) is 5.85 Å². The molecule has 1 N–H and O–H groups in total. The fourth-order valence-electron chi connectivity index (χ4n) is 4.23. The minimum absolute atomic E-state index is 0.0946. The lowest BCUT2D eigenvalue weighted by Gasteiger charge is -2.44. The van der Waals surface area contributed by atoms with Crippen LogP contribution in [-0.4, -0.2) is 11.0 Å². The molecule has 3 rings (SSSR count). The SMILES string of the molecule is CCCCCc1cc(O)c2c(c1)OC(C)(F)C1CCCCC21. The number of rotatable bonds is 4. The molecule has 122 valence electrons. The molecule has 0 bridgehead atoms. The molecule has 1 heterocycles. The van der Waals surface area contributed by atoms with Gasteiger partial charge in [0, 0.05) is 24.3 Å². The summed E-state index contributed by atoms with van der Waals surface area (Å²) in [6, 6.07) is 3.82. The molecule has 1 aliphatic heterocycles. The van der Waals surface area contributed by atoms with Crippen LogP contribution in [0.1, 0.15) is 75.8 Å². The van der Waals surface area contributed by atoms with Crippen molar-refractivity contribution in [2.24, 2.45) is 5.92 Å². The number of aromatic hydroxyl groups is 1. The number of benzene rings is 1. The summed E-state index contributed by atoms with van der Waals surface area (Å²) in [5.74, 6) is -0.786. The first-order valence-corrected chi connectivity index (χ1v) is 8.76. The number of phenols is 1. The summed E-state index contributed by atoms with van der Waals surface area (Å²) in [7, 11) is 0. The van der Waals surface area contributed by atoms with Crippen LogP contribution in [0.3, 0.4) is 0 Å². The van der Waals surface area contributed by atoms with Crippen molar-refractivity contribution in [1.29, 1.82) is 0 Å². The zero-order valence-electron chi connectivity index (χ0n) is 13.7. The smallest absolute Gasteiger partial charge is 0.249 e. The van der Waals surface area contributed by atoms with E-state index in [0.29, 0.717) is 11.5 Å². The maximum absolute atomic E-state index is 15.0. The van der Waals surface area contributed by atoms with E-state index in [2.05, 4.69) is 6.92 Å². The average molecular weight is 306 g/mol. The molecule has 22 heavy (non-hydrogen) atoms. The lowest BCUT2D eigenvalue weighted by molar-refractivity contribution is -0.125.